The Bertz CT molecular complexity index is 468. The second-order valence-corrected chi connectivity index (χ2v) is 3.12. The summed E-state index contributed by atoms with van der Waals surface area (Å²) in [4.78, 5) is 0. The van der Waals surface area contributed by atoms with Gasteiger partial charge < -0.3 is 5.73 Å². The van der Waals surface area contributed by atoms with E-state index in [1.165, 1.54) is 29.1 Å². The summed E-state index contributed by atoms with van der Waals surface area (Å²) >= 11 is 5.71. The Morgan fingerprint density at radius 1 is 1.43 bits per heavy atom. The monoisotopic (exact) mass is 212 g/mol. The smallest absolute Gasteiger partial charge is 0.166 e. The van der Waals surface area contributed by atoms with Crippen molar-refractivity contribution in [1.82, 2.24) is 15.0 Å². The van der Waals surface area contributed by atoms with Gasteiger partial charge in [-0.15, -0.1) is 5.10 Å². The lowest BCUT2D eigenvalue weighted by Crippen LogP contribution is -1.98. The van der Waals surface area contributed by atoms with Crippen LogP contribution in [0.5, 0.6) is 0 Å². The maximum Gasteiger partial charge on any atom is 0.166 e. The molecule has 0 aliphatic heterocycles. The molecule has 0 fully saturated rings. The van der Waals surface area contributed by atoms with Crippen molar-refractivity contribution in [3.8, 4) is 5.69 Å². The van der Waals surface area contributed by atoms with Gasteiger partial charge in [-0.05, 0) is 18.2 Å². The van der Waals surface area contributed by atoms with Crippen LogP contribution in [0, 0.1) is 5.82 Å². The maximum absolute atomic E-state index is 13.3. The van der Waals surface area contributed by atoms with Gasteiger partial charge in [-0.2, -0.15) is 0 Å². The zero-order valence-electron chi connectivity index (χ0n) is 6.98. The topological polar surface area (TPSA) is 56.7 Å². The van der Waals surface area contributed by atoms with E-state index < -0.39 is 5.82 Å². The molecule has 0 bridgehead atoms. The standard InChI is InChI=1S/C8H6ClFN4/c9-5-1-2-6(10)7(3-5)14-4-8(11)12-13-14/h1-4H,11H2. The number of aromatic nitrogens is 3. The van der Waals surface area contributed by atoms with Crippen LogP contribution in [0.15, 0.2) is 24.4 Å². The van der Waals surface area contributed by atoms with E-state index in [9.17, 15) is 4.39 Å². The van der Waals surface area contributed by atoms with E-state index in [1.807, 2.05) is 0 Å². The molecule has 0 aliphatic rings. The predicted octanol–water partition coefficient (Wildman–Crippen LogP) is 1.64. The van der Waals surface area contributed by atoms with Crippen LogP contribution >= 0.6 is 11.6 Å². The summed E-state index contributed by atoms with van der Waals surface area (Å²) in [6.45, 7) is 0. The fraction of sp³-hybridized carbons (Fsp3) is 0. The van der Waals surface area contributed by atoms with Gasteiger partial charge >= 0.3 is 0 Å². The van der Waals surface area contributed by atoms with Crippen molar-refractivity contribution in [3.63, 3.8) is 0 Å². The molecule has 14 heavy (non-hydrogen) atoms. The molecule has 2 aromatic rings. The number of anilines is 1. The highest BCUT2D eigenvalue weighted by Crippen LogP contribution is 2.18. The highest BCUT2D eigenvalue weighted by molar-refractivity contribution is 6.30. The molecule has 2 N–H and O–H groups in total. The van der Waals surface area contributed by atoms with Crippen LogP contribution in [0.2, 0.25) is 5.02 Å². The average molecular weight is 213 g/mol. The van der Waals surface area contributed by atoms with Crippen molar-refractivity contribution in [3.05, 3.63) is 35.2 Å². The molecule has 4 nitrogen and oxygen atoms in total. The number of nitrogen functional groups attached to an aromatic ring is 1. The number of hydrogen-bond acceptors (Lipinski definition) is 3. The minimum Gasteiger partial charge on any atom is -0.381 e. The van der Waals surface area contributed by atoms with Crippen LogP contribution in [0.25, 0.3) is 5.69 Å². The molecule has 1 aromatic heterocycles. The van der Waals surface area contributed by atoms with E-state index in [1.54, 1.807) is 0 Å². The van der Waals surface area contributed by atoms with Gasteiger partial charge in [-0.25, -0.2) is 9.07 Å². The lowest BCUT2D eigenvalue weighted by molar-refractivity contribution is 0.607. The first-order valence-electron chi connectivity index (χ1n) is 3.80. The summed E-state index contributed by atoms with van der Waals surface area (Å²) in [6, 6.07) is 4.17. The lowest BCUT2D eigenvalue weighted by atomic mass is 10.3. The first-order chi connectivity index (χ1) is 6.66. The predicted molar refractivity (Wildman–Crippen MR) is 50.7 cm³/mol. The molecule has 72 valence electrons. The SMILES string of the molecule is Nc1cn(-c2cc(Cl)ccc2F)nn1. The molecule has 0 amide bonds. The Hall–Kier alpha value is -1.62. The Morgan fingerprint density at radius 2 is 2.21 bits per heavy atom. The number of rotatable bonds is 1. The van der Waals surface area contributed by atoms with E-state index in [0.29, 0.717) is 5.02 Å². The van der Waals surface area contributed by atoms with Crippen molar-refractivity contribution >= 4 is 17.4 Å². The van der Waals surface area contributed by atoms with Gasteiger partial charge in [0.15, 0.2) is 5.82 Å². The Morgan fingerprint density at radius 3 is 2.86 bits per heavy atom. The molecule has 6 heteroatoms. The number of benzene rings is 1. The third-order valence-electron chi connectivity index (χ3n) is 1.67. The first-order valence-corrected chi connectivity index (χ1v) is 4.18. The summed E-state index contributed by atoms with van der Waals surface area (Å²) in [7, 11) is 0. The first kappa shape index (κ1) is 8.96. The van der Waals surface area contributed by atoms with Crippen LogP contribution in [0.1, 0.15) is 0 Å². The molecule has 1 heterocycles. The lowest BCUT2D eigenvalue weighted by Gasteiger charge is -2.01. The fourth-order valence-electron chi connectivity index (χ4n) is 1.06. The van der Waals surface area contributed by atoms with Gasteiger partial charge in [0.25, 0.3) is 0 Å². The Kier molecular flexibility index (Phi) is 2.09. The highest BCUT2D eigenvalue weighted by atomic mass is 35.5. The zero-order valence-corrected chi connectivity index (χ0v) is 7.74. The quantitative estimate of drug-likeness (QED) is 0.782. The van der Waals surface area contributed by atoms with E-state index in [2.05, 4.69) is 10.3 Å². The Labute approximate surface area is 84.1 Å². The van der Waals surface area contributed by atoms with Crippen molar-refractivity contribution in [2.45, 2.75) is 0 Å². The summed E-state index contributed by atoms with van der Waals surface area (Å²) < 4.78 is 14.5. The summed E-state index contributed by atoms with van der Waals surface area (Å²) in [5.41, 5.74) is 5.58. The molecule has 0 atom stereocenters. The van der Waals surface area contributed by atoms with Gasteiger partial charge in [-0.3, -0.25) is 0 Å². The van der Waals surface area contributed by atoms with Gasteiger partial charge in [0.2, 0.25) is 0 Å². The van der Waals surface area contributed by atoms with Crippen LogP contribution in [-0.2, 0) is 0 Å². The van der Waals surface area contributed by atoms with Gasteiger partial charge in [0.05, 0.1) is 6.20 Å². The Balaban J connectivity index is 2.55. The minimum absolute atomic E-state index is 0.224. The molecule has 1 aromatic carbocycles. The van der Waals surface area contributed by atoms with E-state index >= 15 is 0 Å². The third kappa shape index (κ3) is 1.54. The second kappa shape index (κ2) is 3.26. The number of halogens is 2. The van der Waals surface area contributed by atoms with Gasteiger partial charge in [0.1, 0.15) is 11.5 Å². The van der Waals surface area contributed by atoms with Crippen molar-refractivity contribution in [2.75, 3.05) is 5.73 Å². The molecule has 0 spiro atoms. The van der Waals surface area contributed by atoms with Crippen molar-refractivity contribution < 1.29 is 4.39 Å². The number of nitrogens with zero attached hydrogens (tertiary/aromatic N) is 3. The van der Waals surface area contributed by atoms with E-state index in [-0.39, 0.29) is 11.5 Å². The molecular weight excluding hydrogens is 207 g/mol. The third-order valence-corrected chi connectivity index (χ3v) is 1.90. The summed E-state index contributed by atoms with van der Waals surface area (Å²) in [5.74, 6) is -0.205. The number of nitrogens with two attached hydrogens (primary N) is 1. The molecule has 0 unspecified atom stereocenters. The summed E-state index contributed by atoms with van der Waals surface area (Å²) in [5, 5.41) is 7.60. The maximum atomic E-state index is 13.3. The van der Waals surface area contributed by atoms with Gasteiger partial charge in [-0.1, -0.05) is 16.8 Å². The molecule has 0 saturated heterocycles. The average Bonchev–Trinajstić information content (AvgIpc) is 2.56. The van der Waals surface area contributed by atoms with Crippen molar-refractivity contribution in [1.29, 1.82) is 0 Å². The number of hydrogen-bond donors (Lipinski definition) is 1. The molecular formula is C8H6ClFN4. The van der Waals surface area contributed by atoms with Crippen LogP contribution in [-0.4, -0.2) is 15.0 Å². The fourth-order valence-corrected chi connectivity index (χ4v) is 1.22. The molecule has 0 aliphatic carbocycles. The largest absolute Gasteiger partial charge is 0.381 e. The van der Waals surface area contributed by atoms with Crippen LogP contribution < -0.4 is 5.73 Å². The van der Waals surface area contributed by atoms with E-state index in [4.69, 9.17) is 17.3 Å². The van der Waals surface area contributed by atoms with E-state index in [0.717, 1.165) is 0 Å². The molecule has 0 radical (unpaired) electrons. The van der Waals surface area contributed by atoms with Crippen LogP contribution in [0.4, 0.5) is 10.2 Å². The highest BCUT2D eigenvalue weighted by Gasteiger charge is 2.06. The zero-order chi connectivity index (χ0) is 10.1. The molecule has 2 rings (SSSR count). The van der Waals surface area contributed by atoms with Crippen molar-refractivity contribution in [2.24, 2.45) is 0 Å². The normalized spacial score (nSPS) is 10.4. The van der Waals surface area contributed by atoms with Gasteiger partial charge in [0, 0.05) is 5.02 Å². The minimum atomic E-state index is -0.431. The molecule has 0 saturated carbocycles. The summed E-state index contributed by atoms with van der Waals surface area (Å²) in [6.07, 6.45) is 1.41. The second-order valence-electron chi connectivity index (χ2n) is 2.68. The van der Waals surface area contributed by atoms with Crippen LogP contribution in [0.3, 0.4) is 0 Å².